The van der Waals surface area contributed by atoms with E-state index >= 15 is 0 Å². The third-order valence-corrected chi connectivity index (χ3v) is 3.61. The molecule has 2 rings (SSSR count). The third kappa shape index (κ3) is 2.82. The van der Waals surface area contributed by atoms with Gasteiger partial charge < -0.3 is 10.1 Å². The zero-order valence-electron chi connectivity index (χ0n) is 9.94. The van der Waals surface area contributed by atoms with E-state index in [2.05, 4.69) is 27.3 Å². The second-order valence-corrected chi connectivity index (χ2v) is 5.14. The molecule has 0 radical (unpaired) electrons. The summed E-state index contributed by atoms with van der Waals surface area (Å²) < 4.78 is 5.58. The van der Waals surface area contributed by atoms with Crippen LogP contribution in [-0.2, 0) is 9.53 Å². The average molecular weight is 309 g/mol. The molecule has 0 amide bonds. The third-order valence-electron chi connectivity index (χ3n) is 2.96. The summed E-state index contributed by atoms with van der Waals surface area (Å²) in [5, 5.41) is 12.0. The molecule has 1 aromatic carbocycles. The first kappa shape index (κ1) is 12.9. The number of nitriles is 1. The highest BCUT2D eigenvalue weighted by Crippen LogP contribution is 2.36. The lowest BCUT2D eigenvalue weighted by atomic mass is 10.1. The number of hydrogen-bond donors (Lipinski definition) is 1. The number of nitrogens with zero attached hydrogens (tertiary/aromatic N) is 1. The normalized spacial score (nSPS) is 15.6. The van der Waals surface area contributed by atoms with Crippen molar-refractivity contribution < 1.29 is 9.53 Å². The van der Waals surface area contributed by atoms with Crippen LogP contribution in [0.4, 0.5) is 5.69 Å². The number of halogens is 1. The summed E-state index contributed by atoms with van der Waals surface area (Å²) in [4.78, 5) is 11.7. The number of esters is 1. The van der Waals surface area contributed by atoms with Crippen molar-refractivity contribution in [2.75, 3.05) is 12.4 Å². The number of methoxy groups -OCH3 is 1. The Kier molecular flexibility index (Phi) is 3.87. The van der Waals surface area contributed by atoms with E-state index in [0.717, 1.165) is 23.0 Å². The predicted octanol–water partition coefficient (Wildman–Crippen LogP) is 2.68. The Hall–Kier alpha value is -1.54. The van der Waals surface area contributed by atoms with Crippen LogP contribution in [-0.4, -0.2) is 19.1 Å². The summed E-state index contributed by atoms with van der Waals surface area (Å²) in [5.41, 5.74) is 1.38. The smallest absolute Gasteiger partial charge is 0.328 e. The van der Waals surface area contributed by atoms with Crippen LogP contribution in [0.5, 0.6) is 0 Å². The van der Waals surface area contributed by atoms with Crippen molar-refractivity contribution in [1.82, 2.24) is 0 Å². The molecular formula is C13H13BrN2O2. The number of carbonyl (C=O) groups excluding carboxylic acids is 1. The Morgan fingerprint density at radius 2 is 2.33 bits per heavy atom. The van der Waals surface area contributed by atoms with Crippen molar-refractivity contribution in [3.63, 3.8) is 0 Å². The van der Waals surface area contributed by atoms with Crippen LogP contribution in [0.15, 0.2) is 22.7 Å². The Morgan fingerprint density at radius 3 is 2.83 bits per heavy atom. The van der Waals surface area contributed by atoms with E-state index in [0.29, 0.717) is 11.5 Å². The minimum absolute atomic E-state index is 0.242. The molecule has 0 aliphatic heterocycles. The number of carbonyl (C=O) groups is 1. The standard InChI is InChI=1S/C13H13BrN2O2/c1-18-13(17)12(9-3-4-9)16-11-5-2-8(7-15)6-10(11)14/h2,5-6,9,12,16H,3-4H2,1H3. The summed E-state index contributed by atoms with van der Waals surface area (Å²) in [6.45, 7) is 0. The summed E-state index contributed by atoms with van der Waals surface area (Å²) in [6.07, 6.45) is 2.08. The molecule has 0 aromatic heterocycles. The number of ether oxygens (including phenoxy) is 1. The highest BCUT2D eigenvalue weighted by Gasteiger charge is 2.37. The van der Waals surface area contributed by atoms with Crippen LogP contribution in [0.2, 0.25) is 0 Å². The summed E-state index contributed by atoms with van der Waals surface area (Å²) in [7, 11) is 1.40. The Balaban J connectivity index is 2.16. The predicted molar refractivity (Wildman–Crippen MR) is 71.0 cm³/mol. The molecule has 1 atom stereocenters. The van der Waals surface area contributed by atoms with E-state index in [4.69, 9.17) is 10.00 Å². The van der Waals surface area contributed by atoms with Crippen molar-refractivity contribution in [2.24, 2.45) is 5.92 Å². The van der Waals surface area contributed by atoms with Gasteiger partial charge in [-0.05, 0) is 52.9 Å². The first-order valence-electron chi connectivity index (χ1n) is 5.69. The molecule has 1 unspecified atom stereocenters. The van der Waals surface area contributed by atoms with Crippen LogP contribution in [0, 0.1) is 17.2 Å². The lowest BCUT2D eigenvalue weighted by molar-refractivity contribution is -0.142. The van der Waals surface area contributed by atoms with Gasteiger partial charge in [0, 0.05) is 10.2 Å². The fourth-order valence-electron chi connectivity index (χ4n) is 1.79. The van der Waals surface area contributed by atoms with Gasteiger partial charge in [-0.1, -0.05) is 0 Å². The van der Waals surface area contributed by atoms with Gasteiger partial charge >= 0.3 is 5.97 Å². The van der Waals surface area contributed by atoms with E-state index in [1.54, 1.807) is 18.2 Å². The van der Waals surface area contributed by atoms with Crippen LogP contribution < -0.4 is 5.32 Å². The number of nitrogens with one attached hydrogen (secondary N) is 1. The van der Waals surface area contributed by atoms with Crippen molar-refractivity contribution in [1.29, 1.82) is 5.26 Å². The molecule has 0 saturated heterocycles. The molecule has 4 nitrogen and oxygen atoms in total. The van der Waals surface area contributed by atoms with Crippen LogP contribution in [0.25, 0.3) is 0 Å². The van der Waals surface area contributed by atoms with Gasteiger partial charge in [0.1, 0.15) is 6.04 Å². The molecule has 5 heteroatoms. The van der Waals surface area contributed by atoms with Gasteiger partial charge in [-0.3, -0.25) is 0 Å². The highest BCUT2D eigenvalue weighted by atomic mass is 79.9. The molecule has 1 N–H and O–H groups in total. The monoisotopic (exact) mass is 308 g/mol. The van der Waals surface area contributed by atoms with Crippen molar-refractivity contribution >= 4 is 27.6 Å². The molecule has 1 saturated carbocycles. The van der Waals surface area contributed by atoms with E-state index in [9.17, 15) is 4.79 Å². The Morgan fingerprint density at radius 1 is 1.61 bits per heavy atom. The maximum absolute atomic E-state index is 11.7. The fourth-order valence-corrected chi connectivity index (χ4v) is 2.29. The van der Waals surface area contributed by atoms with Gasteiger partial charge in [-0.25, -0.2) is 4.79 Å². The van der Waals surface area contributed by atoms with E-state index in [1.165, 1.54) is 7.11 Å². The molecule has 1 aliphatic rings. The first-order valence-corrected chi connectivity index (χ1v) is 6.49. The topological polar surface area (TPSA) is 62.1 Å². The highest BCUT2D eigenvalue weighted by molar-refractivity contribution is 9.10. The maximum Gasteiger partial charge on any atom is 0.328 e. The number of rotatable bonds is 4. The van der Waals surface area contributed by atoms with Gasteiger partial charge in [0.25, 0.3) is 0 Å². The van der Waals surface area contributed by atoms with Crippen LogP contribution in [0.3, 0.4) is 0 Å². The molecule has 0 heterocycles. The van der Waals surface area contributed by atoms with Crippen molar-refractivity contribution in [2.45, 2.75) is 18.9 Å². The van der Waals surface area contributed by atoms with E-state index in [-0.39, 0.29) is 12.0 Å². The maximum atomic E-state index is 11.7. The SMILES string of the molecule is COC(=O)C(Nc1ccc(C#N)cc1Br)C1CC1. The minimum atomic E-state index is -0.306. The van der Waals surface area contributed by atoms with Crippen molar-refractivity contribution in [3.05, 3.63) is 28.2 Å². The second kappa shape index (κ2) is 5.40. The van der Waals surface area contributed by atoms with E-state index in [1.807, 2.05) is 0 Å². The number of anilines is 1. The second-order valence-electron chi connectivity index (χ2n) is 4.29. The fraction of sp³-hybridized carbons (Fsp3) is 0.385. The lowest BCUT2D eigenvalue weighted by Crippen LogP contribution is -2.32. The minimum Gasteiger partial charge on any atom is -0.467 e. The molecule has 1 aliphatic carbocycles. The van der Waals surface area contributed by atoms with Crippen LogP contribution in [0.1, 0.15) is 18.4 Å². The zero-order valence-corrected chi connectivity index (χ0v) is 11.5. The summed E-state index contributed by atoms with van der Waals surface area (Å²) in [5.74, 6) is 0.105. The molecule has 0 spiro atoms. The molecular weight excluding hydrogens is 296 g/mol. The molecule has 0 bridgehead atoms. The Labute approximate surface area is 114 Å². The van der Waals surface area contributed by atoms with Crippen molar-refractivity contribution in [3.8, 4) is 6.07 Å². The first-order chi connectivity index (χ1) is 8.65. The van der Waals surface area contributed by atoms with Gasteiger partial charge in [0.2, 0.25) is 0 Å². The zero-order chi connectivity index (χ0) is 13.1. The largest absolute Gasteiger partial charge is 0.467 e. The van der Waals surface area contributed by atoms with Crippen LogP contribution >= 0.6 is 15.9 Å². The molecule has 18 heavy (non-hydrogen) atoms. The van der Waals surface area contributed by atoms with Gasteiger partial charge in [0.05, 0.1) is 18.7 Å². The van der Waals surface area contributed by atoms with Gasteiger partial charge in [0.15, 0.2) is 0 Å². The molecule has 1 fully saturated rings. The number of hydrogen-bond acceptors (Lipinski definition) is 4. The van der Waals surface area contributed by atoms with Gasteiger partial charge in [-0.2, -0.15) is 5.26 Å². The number of benzene rings is 1. The van der Waals surface area contributed by atoms with E-state index < -0.39 is 0 Å². The quantitative estimate of drug-likeness (QED) is 0.869. The summed E-state index contributed by atoms with van der Waals surface area (Å²) >= 11 is 3.39. The average Bonchev–Trinajstić information content (AvgIpc) is 3.20. The molecule has 94 valence electrons. The summed E-state index contributed by atoms with van der Waals surface area (Å²) in [6, 6.07) is 7.00. The Bertz CT molecular complexity index is 506. The molecule has 1 aromatic rings. The lowest BCUT2D eigenvalue weighted by Gasteiger charge is -2.18. The van der Waals surface area contributed by atoms with Gasteiger partial charge in [-0.15, -0.1) is 0 Å².